The zero-order valence-corrected chi connectivity index (χ0v) is 21.5. The number of rotatable bonds is 2. The second-order valence-corrected chi connectivity index (χ2v) is 4.83. The molecule has 0 fully saturated rings. The molecule has 0 aromatic carbocycles. The van der Waals surface area contributed by atoms with E-state index in [-0.39, 0.29) is 95.9 Å². The molecule has 0 radical (unpaired) electrons. The van der Waals surface area contributed by atoms with Gasteiger partial charge in [-0.05, 0) is 47.1 Å². The SMILES string of the molecule is CCC(C)c1cn2cc(I)ccc2n1.I.I.I.I. The molecule has 1 atom stereocenters. The number of nitrogens with zero attached hydrogens (tertiary/aromatic N) is 2. The van der Waals surface area contributed by atoms with Gasteiger partial charge in [-0.2, -0.15) is 0 Å². The number of hydrogen-bond acceptors (Lipinski definition) is 1. The molecule has 1 unspecified atom stereocenters. The van der Waals surface area contributed by atoms with Gasteiger partial charge in [-0.15, -0.1) is 95.9 Å². The first kappa shape index (κ1) is 25.3. The Hall–Kier alpha value is 2.34. The number of pyridine rings is 1. The van der Waals surface area contributed by atoms with Crippen LogP contribution in [0, 0.1) is 3.57 Å². The third kappa shape index (κ3) is 6.41. The summed E-state index contributed by atoms with van der Waals surface area (Å²) in [5.74, 6) is 0.549. The monoisotopic (exact) mass is 812 g/mol. The largest absolute Gasteiger partial charge is 0.306 e. The summed E-state index contributed by atoms with van der Waals surface area (Å²) in [6, 6.07) is 4.15. The summed E-state index contributed by atoms with van der Waals surface area (Å²) in [6.07, 6.45) is 5.38. The molecule has 0 amide bonds. The smallest absolute Gasteiger partial charge is 0.137 e. The molecule has 0 aliphatic rings. The Kier molecular flexibility index (Phi) is 16.8. The first-order chi connectivity index (χ1) is 6.70. The van der Waals surface area contributed by atoms with Crippen molar-refractivity contribution in [3.8, 4) is 0 Å². The summed E-state index contributed by atoms with van der Waals surface area (Å²) in [7, 11) is 0. The van der Waals surface area contributed by atoms with Gasteiger partial charge in [-0.25, -0.2) is 4.98 Å². The first-order valence-electron chi connectivity index (χ1n) is 4.85. The van der Waals surface area contributed by atoms with Crippen LogP contribution >= 0.6 is 118 Å². The van der Waals surface area contributed by atoms with Crippen LogP contribution in [0.2, 0.25) is 0 Å². The zero-order valence-electron chi connectivity index (χ0n) is 10.00. The van der Waals surface area contributed by atoms with Crippen LogP contribution in [0.15, 0.2) is 24.5 Å². The highest BCUT2D eigenvalue weighted by molar-refractivity contribution is 14.1. The fraction of sp³-hybridized carbons (Fsp3) is 0.364. The minimum atomic E-state index is 0. The quantitative estimate of drug-likeness (QED) is 0.345. The van der Waals surface area contributed by atoms with Gasteiger partial charge in [0.1, 0.15) is 5.65 Å². The summed E-state index contributed by atoms with van der Waals surface area (Å²) < 4.78 is 3.34. The molecule has 0 saturated heterocycles. The van der Waals surface area contributed by atoms with Gasteiger partial charge in [0.05, 0.1) is 5.69 Å². The Bertz CT molecular complexity index is 458. The van der Waals surface area contributed by atoms with Gasteiger partial charge in [-0.1, -0.05) is 13.8 Å². The first-order valence-corrected chi connectivity index (χ1v) is 5.92. The van der Waals surface area contributed by atoms with Crippen molar-refractivity contribution in [1.29, 1.82) is 0 Å². The van der Waals surface area contributed by atoms with E-state index < -0.39 is 0 Å². The van der Waals surface area contributed by atoms with E-state index in [1.165, 1.54) is 9.26 Å². The van der Waals surface area contributed by atoms with Crippen molar-refractivity contribution >= 4 is 124 Å². The van der Waals surface area contributed by atoms with Crippen molar-refractivity contribution in [2.24, 2.45) is 0 Å². The van der Waals surface area contributed by atoms with Crippen molar-refractivity contribution in [3.63, 3.8) is 0 Å². The number of fused-ring (bicyclic) bond motifs is 1. The molecule has 0 spiro atoms. The molecule has 2 aromatic heterocycles. The maximum Gasteiger partial charge on any atom is 0.137 e. The molecule has 0 N–H and O–H groups in total. The molecule has 2 rings (SSSR count). The third-order valence-electron chi connectivity index (χ3n) is 2.55. The molecule has 0 saturated carbocycles. The Morgan fingerprint density at radius 2 is 1.78 bits per heavy atom. The van der Waals surface area contributed by atoms with E-state index >= 15 is 0 Å². The molecule has 7 heteroatoms. The second-order valence-electron chi connectivity index (χ2n) is 3.59. The lowest BCUT2D eigenvalue weighted by Crippen LogP contribution is -1.89. The lowest BCUT2D eigenvalue weighted by molar-refractivity contribution is 0.714. The van der Waals surface area contributed by atoms with E-state index in [0.29, 0.717) is 5.92 Å². The van der Waals surface area contributed by atoms with Crippen molar-refractivity contribution in [2.75, 3.05) is 0 Å². The van der Waals surface area contributed by atoms with E-state index in [4.69, 9.17) is 0 Å². The van der Waals surface area contributed by atoms with Gasteiger partial charge in [-0.3, -0.25) is 0 Å². The Morgan fingerprint density at radius 3 is 2.33 bits per heavy atom. The molecular weight excluding hydrogens is 795 g/mol. The summed E-state index contributed by atoms with van der Waals surface area (Å²) >= 11 is 2.32. The van der Waals surface area contributed by atoms with E-state index in [9.17, 15) is 0 Å². The summed E-state index contributed by atoms with van der Waals surface area (Å²) in [5.41, 5.74) is 2.23. The maximum atomic E-state index is 4.58. The fourth-order valence-corrected chi connectivity index (χ4v) is 1.91. The average molecular weight is 812 g/mol. The highest BCUT2D eigenvalue weighted by atomic mass is 127. The summed E-state index contributed by atoms with van der Waals surface area (Å²) in [6.45, 7) is 4.41. The Balaban J connectivity index is -0.000000562. The average Bonchev–Trinajstić information content (AvgIpc) is 2.59. The second kappa shape index (κ2) is 11.9. The minimum Gasteiger partial charge on any atom is -0.306 e. The van der Waals surface area contributed by atoms with Gasteiger partial charge >= 0.3 is 0 Å². The van der Waals surface area contributed by atoms with E-state index in [1.807, 2.05) is 0 Å². The lowest BCUT2D eigenvalue weighted by atomic mass is 10.1. The molecule has 2 nitrogen and oxygen atoms in total. The highest BCUT2D eigenvalue weighted by Crippen LogP contribution is 2.18. The summed E-state index contributed by atoms with van der Waals surface area (Å²) in [4.78, 5) is 4.58. The molecule has 2 aromatic rings. The van der Waals surface area contributed by atoms with E-state index in [0.717, 1.165) is 12.1 Å². The molecule has 0 aliphatic carbocycles. The molecule has 0 aliphatic heterocycles. The molecule has 0 bridgehead atoms. The van der Waals surface area contributed by atoms with E-state index in [2.05, 4.69) is 70.3 Å². The van der Waals surface area contributed by atoms with Gasteiger partial charge < -0.3 is 4.40 Å². The zero-order chi connectivity index (χ0) is 10.1. The van der Waals surface area contributed by atoms with Crippen molar-refractivity contribution < 1.29 is 0 Å². The number of imidazole rings is 1. The van der Waals surface area contributed by atoms with Crippen LogP contribution in [0.25, 0.3) is 5.65 Å². The van der Waals surface area contributed by atoms with Crippen LogP contribution in [0.4, 0.5) is 0 Å². The molecular formula is C11H17I5N2. The highest BCUT2D eigenvalue weighted by Gasteiger charge is 2.07. The Labute approximate surface area is 190 Å². The third-order valence-corrected chi connectivity index (χ3v) is 3.19. The Morgan fingerprint density at radius 1 is 1.17 bits per heavy atom. The predicted octanol–water partition coefficient (Wildman–Crippen LogP) is 5.92. The van der Waals surface area contributed by atoms with Gasteiger partial charge in [0.15, 0.2) is 0 Å². The molecule has 2 heterocycles. The number of halogens is 5. The number of aromatic nitrogens is 2. The summed E-state index contributed by atoms with van der Waals surface area (Å²) in [5, 5.41) is 0. The van der Waals surface area contributed by atoms with Gasteiger partial charge in [0.2, 0.25) is 0 Å². The van der Waals surface area contributed by atoms with Crippen LogP contribution in [0.5, 0.6) is 0 Å². The van der Waals surface area contributed by atoms with E-state index in [1.54, 1.807) is 0 Å². The van der Waals surface area contributed by atoms with Crippen molar-refractivity contribution in [3.05, 3.63) is 33.8 Å². The molecule has 106 valence electrons. The van der Waals surface area contributed by atoms with Crippen molar-refractivity contribution in [2.45, 2.75) is 26.2 Å². The van der Waals surface area contributed by atoms with Crippen LogP contribution < -0.4 is 0 Å². The minimum absolute atomic E-state index is 0. The van der Waals surface area contributed by atoms with Crippen LogP contribution in [0.1, 0.15) is 31.9 Å². The fourth-order valence-electron chi connectivity index (χ4n) is 1.43. The van der Waals surface area contributed by atoms with Crippen LogP contribution in [0.3, 0.4) is 0 Å². The van der Waals surface area contributed by atoms with Crippen LogP contribution in [-0.2, 0) is 0 Å². The topological polar surface area (TPSA) is 17.3 Å². The van der Waals surface area contributed by atoms with Gasteiger partial charge in [0, 0.05) is 16.0 Å². The predicted molar refractivity (Wildman–Crippen MR) is 128 cm³/mol. The maximum absolute atomic E-state index is 4.58. The van der Waals surface area contributed by atoms with Crippen LogP contribution in [-0.4, -0.2) is 9.38 Å². The number of hydrogen-bond donors (Lipinski definition) is 0. The van der Waals surface area contributed by atoms with Gasteiger partial charge in [0.25, 0.3) is 0 Å². The standard InChI is InChI=1S/C11H13IN2.4HI/c1-3-8(2)10-7-14-6-9(12)4-5-11(14)13-10;;;;/h4-8H,3H2,1-2H3;4*1H. The lowest BCUT2D eigenvalue weighted by Gasteiger charge is -2.01. The van der Waals surface area contributed by atoms with Crippen molar-refractivity contribution in [1.82, 2.24) is 9.38 Å². The normalized spacial score (nSPS) is 10.4. The molecule has 18 heavy (non-hydrogen) atoms.